The van der Waals surface area contributed by atoms with Crippen LogP contribution in [0.4, 0.5) is 8.78 Å². The summed E-state index contributed by atoms with van der Waals surface area (Å²) in [4.78, 5) is 20.0. The van der Waals surface area contributed by atoms with Gasteiger partial charge in [-0.3, -0.25) is 4.79 Å². The van der Waals surface area contributed by atoms with Gasteiger partial charge in [0.05, 0.1) is 18.3 Å². The zero-order chi connectivity index (χ0) is 27.9. The Kier molecular flexibility index (Phi) is 10.1. The van der Waals surface area contributed by atoms with Crippen LogP contribution in [0.15, 0.2) is 54.7 Å². The molecule has 2 N–H and O–H groups in total. The van der Waals surface area contributed by atoms with Crippen LogP contribution in [0.2, 0.25) is 0 Å². The van der Waals surface area contributed by atoms with Gasteiger partial charge in [0.2, 0.25) is 5.91 Å². The molecule has 7 nitrogen and oxygen atoms in total. The smallest absolute Gasteiger partial charge is 0.249 e. The van der Waals surface area contributed by atoms with Crippen molar-refractivity contribution < 1.29 is 23.0 Å². The molecule has 0 bridgehead atoms. The van der Waals surface area contributed by atoms with E-state index in [0.717, 1.165) is 23.8 Å². The van der Waals surface area contributed by atoms with E-state index in [1.165, 1.54) is 7.11 Å². The minimum atomic E-state index is -0.576. The van der Waals surface area contributed by atoms with Crippen molar-refractivity contribution in [1.82, 2.24) is 14.5 Å². The summed E-state index contributed by atoms with van der Waals surface area (Å²) in [5.74, 6) is -0.793. The quantitative estimate of drug-likeness (QED) is 0.365. The van der Waals surface area contributed by atoms with Crippen LogP contribution in [0.25, 0.3) is 11.3 Å². The second-order valence-corrected chi connectivity index (χ2v) is 10.5. The Hall–Kier alpha value is -3.14. The molecule has 206 valence electrons. The number of benzene rings is 2. The maximum absolute atomic E-state index is 14.8. The third-order valence-electron chi connectivity index (χ3n) is 6.29. The molecule has 2 atom stereocenters. The fourth-order valence-electron chi connectivity index (χ4n) is 4.58. The molecule has 2 aromatic carbocycles. The first-order chi connectivity index (χ1) is 18.0. The van der Waals surface area contributed by atoms with Gasteiger partial charge in [-0.15, -0.1) is 0 Å². The lowest BCUT2D eigenvalue weighted by Gasteiger charge is -2.40. The van der Waals surface area contributed by atoms with Crippen molar-refractivity contribution in [3.63, 3.8) is 0 Å². The molecule has 9 heteroatoms. The number of amides is 1. The van der Waals surface area contributed by atoms with Gasteiger partial charge in [-0.1, -0.05) is 51.1 Å². The Morgan fingerprint density at radius 1 is 1.11 bits per heavy atom. The molecule has 1 heterocycles. The van der Waals surface area contributed by atoms with E-state index in [0.29, 0.717) is 31.9 Å². The van der Waals surface area contributed by atoms with Gasteiger partial charge < -0.3 is 24.7 Å². The van der Waals surface area contributed by atoms with E-state index in [4.69, 9.17) is 20.2 Å². The fourth-order valence-corrected chi connectivity index (χ4v) is 4.58. The van der Waals surface area contributed by atoms with Crippen molar-refractivity contribution in [2.45, 2.75) is 45.8 Å². The van der Waals surface area contributed by atoms with Gasteiger partial charge in [0.15, 0.2) is 0 Å². The number of nitrogens with zero attached hydrogens (tertiary/aromatic N) is 3. The van der Waals surface area contributed by atoms with E-state index in [-0.39, 0.29) is 29.8 Å². The Morgan fingerprint density at radius 3 is 2.45 bits per heavy atom. The van der Waals surface area contributed by atoms with Crippen molar-refractivity contribution in [3.8, 4) is 11.3 Å². The summed E-state index contributed by atoms with van der Waals surface area (Å²) in [6.45, 7) is 7.07. The molecule has 3 aromatic rings. The molecule has 38 heavy (non-hydrogen) atoms. The minimum absolute atomic E-state index is 0.0580. The summed E-state index contributed by atoms with van der Waals surface area (Å²) in [6, 6.07) is 12.3. The minimum Gasteiger partial charge on any atom is -0.383 e. The molecule has 0 fully saturated rings. The predicted molar refractivity (Wildman–Crippen MR) is 143 cm³/mol. The first kappa shape index (κ1) is 29.4. The molecule has 3 rings (SSSR count). The van der Waals surface area contributed by atoms with Crippen LogP contribution in [-0.2, 0) is 20.8 Å². The van der Waals surface area contributed by atoms with Crippen molar-refractivity contribution in [3.05, 3.63) is 77.8 Å². The first-order valence-electron chi connectivity index (χ1n) is 12.6. The molecule has 2 unspecified atom stereocenters. The Labute approximate surface area is 223 Å². The lowest BCUT2D eigenvalue weighted by atomic mass is 9.84. The van der Waals surface area contributed by atoms with Gasteiger partial charge in [-0.25, -0.2) is 13.8 Å². The summed E-state index contributed by atoms with van der Waals surface area (Å²) in [6.07, 6.45) is 2.22. The maximum Gasteiger partial charge on any atom is 0.249 e. The standard InChI is InChI=1S/C29H38F2N4O3/c1-29(2,3)27(35(26(36)19-38-5)14-13-22(32)18-37-4)28-33-25(23-15-21(30)11-12-24(23)31)17-34(28)16-20-9-7-6-8-10-20/h6-12,15,17,22,27H,13-14,16,18-19,32H2,1-5H3. The number of ether oxygens (including phenoxy) is 2. The van der Waals surface area contributed by atoms with Crippen molar-refractivity contribution in [2.24, 2.45) is 11.1 Å². The number of methoxy groups -OCH3 is 2. The van der Waals surface area contributed by atoms with Crippen molar-refractivity contribution in [2.75, 3.05) is 34.0 Å². The third kappa shape index (κ3) is 7.46. The SMILES string of the molecule is COCC(=O)N(CCC(N)COC)C(c1nc(-c2cc(F)ccc2F)cn1Cc1ccccc1)C(C)(C)C. The summed E-state index contributed by atoms with van der Waals surface area (Å²) >= 11 is 0. The molecule has 0 aliphatic heterocycles. The third-order valence-corrected chi connectivity index (χ3v) is 6.29. The van der Waals surface area contributed by atoms with Gasteiger partial charge >= 0.3 is 0 Å². The number of aromatic nitrogens is 2. The van der Waals surface area contributed by atoms with Crippen LogP contribution in [-0.4, -0.2) is 60.4 Å². The highest BCUT2D eigenvalue weighted by Crippen LogP contribution is 2.39. The number of halogens is 2. The number of imidazole rings is 1. The van der Waals surface area contributed by atoms with Crippen LogP contribution >= 0.6 is 0 Å². The molecule has 0 radical (unpaired) electrons. The highest BCUT2D eigenvalue weighted by atomic mass is 19.1. The van der Waals surface area contributed by atoms with Crippen LogP contribution in [0.3, 0.4) is 0 Å². The lowest BCUT2D eigenvalue weighted by Crippen LogP contribution is -2.46. The zero-order valence-electron chi connectivity index (χ0n) is 22.8. The second-order valence-electron chi connectivity index (χ2n) is 10.5. The van der Waals surface area contributed by atoms with E-state index in [1.807, 2.05) is 55.7 Å². The molecular formula is C29H38F2N4O3. The maximum atomic E-state index is 14.8. The Morgan fingerprint density at radius 2 is 1.82 bits per heavy atom. The highest BCUT2D eigenvalue weighted by molar-refractivity contribution is 5.78. The number of nitrogens with two attached hydrogens (primary N) is 1. The molecular weight excluding hydrogens is 490 g/mol. The monoisotopic (exact) mass is 528 g/mol. The summed E-state index contributed by atoms with van der Waals surface area (Å²) in [5.41, 5.74) is 7.07. The predicted octanol–water partition coefficient (Wildman–Crippen LogP) is 4.80. The van der Waals surface area contributed by atoms with Gasteiger partial charge in [0, 0.05) is 45.1 Å². The van der Waals surface area contributed by atoms with Crippen LogP contribution < -0.4 is 5.73 Å². The summed E-state index contributed by atoms with van der Waals surface area (Å²) < 4.78 is 41.2. The molecule has 1 aromatic heterocycles. The average Bonchev–Trinajstić information content (AvgIpc) is 3.25. The molecule has 0 spiro atoms. The zero-order valence-corrected chi connectivity index (χ0v) is 22.8. The van der Waals surface area contributed by atoms with Crippen LogP contribution in [0.5, 0.6) is 0 Å². The number of hydrogen-bond donors (Lipinski definition) is 1. The van der Waals surface area contributed by atoms with Crippen molar-refractivity contribution in [1.29, 1.82) is 0 Å². The van der Waals surface area contributed by atoms with Crippen LogP contribution in [0.1, 0.15) is 44.6 Å². The number of carbonyl (C=O) groups is 1. The molecule has 0 aliphatic rings. The highest BCUT2D eigenvalue weighted by Gasteiger charge is 2.38. The van der Waals surface area contributed by atoms with E-state index in [1.54, 1.807) is 18.2 Å². The Balaban J connectivity index is 2.17. The normalized spacial score (nSPS) is 13.4. The van der Waals surface area contributed by atoms with Gasteiger partial charge in [-0.2, -0.15) is 0 Å². The summed E-state index contributed by atoms with van der Waals surface area (Å²) in [5, 5.41) is 0. The molecule has 0 saturated heterocycles. The average molecular weight is 529 g/mol. The van der Waals surface area contributed by atoms with E-state index < -0.39 is 23.1 Å². The Bertz CT molecular complexity index is 1190. The summed E-state index contributed by atoms with van der Waals surface area (Å²) in [7, 11) is 3.05. The van der Waals surface area contributed by atoms with Crippen molar-refractivity contribution >= 4 is 5.91 Å². The lowest BCUT2D eigenvalue weighted by molar-refractivity contribution is -0.140. The number of carbonyl (C=O) groups excluding carboxylic acids is 1. The van der Waals surface area contributed by atoms with Gasteiger partial charge in [0.1, 0.15) is 24.1 Å². The molecule has 1 amide bonds. The number of hydrogen-bond acceptors (Lipinski definition) is 5. The van der Waals surface area contributed by atoms with Gasteiger partial charge in [-0.05, 0) is 35.6 Å². The molecule has 0 saturated carbocycles. The fraction of sp³-hybridized carbons (Fsp3) is 0.448. The van der Waals surface area contributed by atoms with E-state index in [9.17, 15) is 13.6 Å². The topological polar surface area (TPSA) is 82.6 Å². The first-order valence-corrected chi connectivity index (χ1v) is 12.6. The van der Waals surface area contributed by atoms with E-state index >= 15 is 0 Å². The van der Waals surface area contributed by atoms with E-state index in [2.05, 4.69) is 0 Å². The van der Waals surface area contributed by atoms with Crippen LogP contribution in [0, 0.1) is 17.0 Å². The molecule has 0 aliphatic carbocycles. The van der Waals surface area contributed by atoms with Gasteiger partial charge in [0.25, 0.3) is 0 Å². The largest absolute Gasteiger partial charge is 0.383 e. The second kappa shape index (κ2) is 13.1. The number of rotatable bonds is 12.